The molecule has 0 spiro atoms. The lowest BCUT2D eigenvalue weighted by Crippen LogP contribution is -2.28. The minimum absolute atomic E-state index is 0.278. The lowest BCUT2D eigenvalue weighted by molar-refractivity contribution is -0.00873. The fourth-order valence-corrected chi connectivity index (χ4v) is 2.87. The molecule has 22 heavy (non-hydrogen) atoms. The Morgan fingerprint density at radius 3 is 2.86 bits per heavy atom. The number of ether oxygens (including phenoxy) is 1. The van der Waals surface area contributed by atoms with Crippen LogP contribution in [0.15, 0.2) is 27.8 Å². The van der Waals surface area contributed by atoms with E-state index in [4.69, 9.17) is 9.26 Å². The van der Waals surface area contributed by atoms with Crippen molar-refractivity contribution in [2.75, 3.05) is 6.61 Å². The summed E-state index contributed by atoms with van der Waals surface area (Å²) in [4.78, 5) is 20.0. The minimum atomic E-state index is -0.511. The van der Waals surface area contributed by atoms with E-state index in [1.165, 1.54) is 23.8 Å². The molecule has 0 aliphatic heterocycles. The van der Waals surface area contributed by atoms with Gasteiger partial charge < -0.3 is 4.74 Å². The van der Waals surface area contributed by atoms with Crippen LogP contribution in [0.3, 0.4) is 0 Å². The summed E-state index contributed by atoms with van der Waals surface area (Å²) in [6.45, 7) is 3.06. The van der Waals surface area contributed by atoms with Crippen LogP contribution in [0.5, 0.6) is 0 Å². The van der Waals surface area contributed by atoms with Crippen LogP contribution in [0.4, 0.5) is 0 Å². The first-order valence-corrected chi connectivity index (χ1v) is 7.71. The summed E-state index contributed by atoms with van der Waals surface area (Å²) >= 11 is 0. The topological polar surface area (TPSA) is 83.0 Å². The first-order valence-electron chi connectivity index (χ1n) is 7.71. The first kappa shape index (κ1) is 14.9. The van der Waals surface area contributed by atoms with Crippen molar-refractivity contribution in [3.63, 3.8) is 0 Å². The van der Waals surface area contributed by atoms with E-state index in [9.17, 15) is 4.79 Å². The van der Waals surface area contributed by atoms with E-state index in [-0.39, 0.29) is 6.10 Å². The molecule has 0 bridgehead atoms. The summed E-state index contributed by atoms with van der Waals surface area (Å²) in [5, 5.41) is 3.76. The Bertz CT molecular complexity index is 652. The summed E-state index contributed by atoms with van der Waals surface area (Å²) in [6, 6.07) is 1.71. The predicted octanol–water partition coefficient (Wildman–Crippen LogP) is 1.89. The highest BCUT2D eigenvalue weighted by Crippen LogP contribution is 2.26. The van der Waals surface area contributed by atoms with Gasteiger partial charge in [0.2, 0.25) is 5.82 Å². The fraction of sp³-hybridized carbons (Fsp3) is 0.600. The Morgan fingerprint density at radius 2 is 2.09 bits per heavy atom. The van der Waals surface area contributed by atoms with E-state index >= 15 is 0 Å². The monoisotopic (exact) mass is 304 g/mol. The maximum absolute atomic E-state index is 11.8. The van der Waals surface area contributed by atoms with Gasteiger partial charge in [0.15, 0.2) is 5.82 Å². The molecule has 2 aromatic heterocycles. The van der Waals surface area contributed by atoms with Crippen molar-refractivity contribution in [2.45, 2.75) is 45.3 Å². The zero-order valence-electron chi connectivity index (χ0n) is 12.6. The van der Waals surface area contributed by atoms with E-state index in [1.807, 2.05) is 0 Å². The zero-order chi connectivity index (χ0) is 15.4. The van der Waals surface area contributed by atoms with Crippen molar-refractivity contribution in [2.24, 2.45) is 5.92 Å². The van der Waals surface area contributed by atoms with Crippen molar-refractivity contribution >= 4 is 0 Å². The number of aromatic nitrogens is 4. The molecule has 0 unspecified atom stereocenters. The molecule has 7 nitrogen and oxygen atoms in total. The predicted molar refractivity (Wildman–Crippen MR) is 79.2 cm³/mol. The van der Waals surface area contributed by atoms with Crippen molar-refractivity contribution in [1.29, 1.82) is 0 Å². The Kier molecular flexibility index (Phi) is 4.62. The molecule has 3 rings (SSSR count). The van der Waals surface area contributed by atoms with Crippen LogP contribution in [0.2, 0.25) is 0 Å². The van der Waals surface area contributed by atoms with Gasteiger partial charge >= 0.3 is 5.76 Å². The average molecular weight is 304 g/mol. The van der Waals surface area contributed by atoms with Crippen molar-refractivity contribution < 1.29 is 9.26 Å². The van der Waals surface area contributed by atoms with Gasteiger partial charge in [-0.2, -0.15) is 0 Å². The number of hydrogen-bond donors (Lipinski definition) is 0. The fourth-order valence-electron chi connectivity index (χ4n) is 2.87. The maximum Gasteiger partial charge on any atom is 0.442 e. The molecule has 1 aliphatic carbocycles. The summed E-state index contributed by atoms with van der Waals surface area (Å²) in [7, 11) is 0. The third-order valence-corrected chi connectivity index (χ3v) is 4.13. The molecule has 0 radical (unpaired) electrons. The van der Waals surface area contributed by atoms with Crippen molar-refractivity contribution in [1.82, 2.24) is 19.7 Å². The molecule has 0 saturated heterocycles. The van der Waals surface area contributed by atoms with Gasteiger partial charge in [-0.25, -0.2) is 14.8 Å². The van der Waals surface area contributed by atoms with Gasteiger partial charge in [-0.05, 0) is 24.8 Å². The lowest BCUT2D eigenvalue weighted by atomic mass is 9.88. The SMILES string of the molecule is C[C@@H]1CCCC[C@@H]1OCCn1c(-c2ncccn2)noc1=O. The van der Waals surface area contributed by atoms with Gasteiger partial charge in [0.25, 0.3) is 0 Å². The normalized spacial score (nSPS) is 21.9. The van der Waals surface area contributed by atoms with Gasteiger partial charge in [-0.15, -0.1) is 0 Å². The van der Waals surface area contributed by atoms with Gasteiger partial charge in [0, 0.05) is 12.4 Å². The molecule has 1 saturated carbocycles. The van der Waals surface area contributed by atoms with Crippen LogP contribution in [-0.2, 0) is 11.3 Å². The van der Waals surface area contributed by atoms with E-state index in [0.29, 0.717) is 30.7 Å². The molecule has 1 aliphatic rings. The Hall–Kier alpha value is -2.02. The molecule has 2 aromatic rings. The van der Waals surface area contributed by atoms with E-state index < -0.39 is 5.76 Å². The summed E-state index contributed by atoms with van der Waals surface area (Å²) in [5.41, 5.74) is 0. The summed E-state index contributed by atoms with van der Waals surface area (Å²) in [5.74, 6) is 0.776. The molecule has 0 N–H and O–H groups in total. The Balaban J connectivity index is 1.66. The molecule has 118 valence electrons. The van der Waals surface area contributed by atoms with Crippen LogP contribution in [0, 0.1) is 5.92 Å². The highest BCUT2D eigenvalue weighted by atomic mass is 16.5. The molecule has 0 aromatic carbocycles. The van der Waals surface area contributed by atoms with Gasteiger partial charge in [0.05, 0.1) is 19.3 Å². The van der Waals surface area contributed by atoms with Crippen molar-refractivity contribution in [3.8, 4) is 11.6 Å². The van der Waals surface area contributed by atoms with Crippen LogP contribution in [-0.4, -0.2) is 32.4 Å². The van der Waals surface area contributed by atoms with Crippen LogP contribution in [0.25, 0.3) is 11.6 Å². The second kappa shape index (κ2) is 6.83. The van der Waals surface area contributed by atoms with Crippen LogP contribution >= 0.6 is 0 Å². The van der Waals surface area contributed by atoms with Crippen molar-refractivity contribution in [3.05, 3.63) is 29.0 Å². The number of hydrogen-bond acceptors (Lipinski definition) is 6. The van der Waals surface area contributed by atoms with E-state index in [1.54, 1.807) is 18.5 Å². The molecule has 7 heteroatoms. The van der Waals surface area contributed by atoms with Gasteiger partial charge in [-0.1, -0.05) is 24.9 Å². The number of nitrogens with zero attached hydrogens (tertiary/aromatic N) is 4. The highest BCUT2D eigenvalue weighted by molar-refractivity contribution is 5.41. The average Bonchev–Trinajstić information content (AvgIpc) is 2.91. The van der Waals surface area contributed by atoms with Crippen LogP contribution in [0.1, 0.15) is 32.6 Å². The Morgan fingerprint density at radius 1 is 1.32 bits per heavy atom. The standard InChI is InChI=1S/C15H20N4O3/c1-11-5-2-3-6-12(11)21-10-9-19-14(18-22-15(19)20)13-16-7-4-8-17-13/h4,7-8,11-12H,2-3,5-6,9-10H2,1H3/t11-,12+/m1/s1. The molecular formula is C15H20N4O3. The molecule has 2 heterocycles. The van der Waals surface area contributed by atoms with Crippen LogP contribution < -0.4 is 5.76 Å². The highest BCUT2D eigenvalue weighted by Gasteiger charge is 2.22. The second-order valence-electron chi connectivity index (χ2n) is 5.67. The van der Waals surface area contributed by atoms with E-state index in [2.05, 4.69) is 22.0 Å². The third kappa shape index (κ3) is 3.24. The summed E-state index contributed by atoms with van der Waals surface area (Å²) in [6.07, 6.45) is 8.28. The number of rotatable bonds is 5. The lowest BCUT2D eigenvalue weighted by Gasteiger charge is -2.28. The zero-order valence-corrected chi connectivity index (χ0v) is 12.6. The molecule has 0 amide bonds. The van der Waals surface area contributed by atoms with E-state index in [0.717, 1.165) is 6.42 Å². The Labute approximate surface area is 128 Å². The maximum atomic E-state index is 11.8. The largest absolute Gasteiger partial charge is 0.442 e. The quantitative estimate of drug-likeness (QED) is 0.839. The second-order valence-corrected chi connectivity index (χ2v) is 5.67. The third-order valence-electron chi connectivity index (χ3n) is 4.13. The smallest absolute Gasteiger partial charge is 0.376 e. The van der Waals surface area contributed by atoms with Gasteiger partial charge in [-0.3, -0.25) is 9.09 Å². The van der Waals surface area contributed by atoms with Gasteiger partial charge in [0.1, 0.15) is 0 Å². The molecule has 2 atom stereocenters. The molecular weight excluding hydrogens is 284 g/mol. The minimum Gasteiger partial charge on any atom is -0.376 e. The first-order chi connectivity index (χ1) is 10.8. The molecule has 1 fully saturated rings. The summed E-state index contributed by atoms with van der Waals surface area (Å²) < 4.78 is 12.1.